The van der Waals surface area contributed by atoms with Crippen LogP contribution in [0.1, 0.15) is 12.8 Å². The Labute approximate surface area is 135 Å². The monoisotopic (exact) mass is 322 g/mol. The molecule has 0 amide bonds. The molecule has 128 valence electrons. The number of aromatic nitrogens is 3. The second kappa shape index (κ2) is 6.40. The van der Waals surface area contributed by atoms with Crippen LogP contribution in [0.25, 0.3) is 0 Å². The lowest BCUT2D eigenvalue weighted by molar-refractivity contribution is 0.441. The van der Waals surface area contributed by atoms with Crippen LogP contribution in [-0.4, -0.2) is 65.3 Å². The van der Waals surface area contributed by atoms with Gasteiger partial charge in [-0.2, -0.15) is 15.0 Å². The number of piperidine rings is 2. The largest absolute Gasteiger partial charge is 0.368 e. The molecule has 10 N–H and O–H groups in total. The molecule has 0 aliphatic carbocycles. The van der Waals surface area contributed by atoms with Crippen LogP contribution in [0.4, 0.5) is 17.8 Å². The number of hydrogen-bond donors (Lipinski definition) is 5. The minimum Gasteiger partial charge on any atom is -0.368 e. The Morgan fingerprint density at radius 2 is 1.00 bits per heavy atom. The molecule has 1 aromatic rings. The van der Waals surface area contributed by atoms with E-state index >= 15 is 0 Å². The standard InChI is InChI=1S/C13H26N10/c14-7-1-8(15)4-22(3-7)12-19-11(18)20-13(21-12)23-5-9(16)2-10(17)6-23/h7-10H,1-6,14-17H2,(H2,18,19,20,21). The van der Waals surface area contributed by atoms with E-state index in [9.17, 15) is 0 Å². The van der Waals surface area contributed by atoms with Crippen LogP contribution in [0.5, 0.6) is 0 Å². The average molecular weight is 322 g/mol. The molecular formula is C13H26N10. The zero-order valence-electron chi connectivity index (χ0n) is 13.2. The Bertz CT molecular complexity index is 487. The summed E-state index contributed by atoms with van der Waals surface area (Å²) in [5.74, 6) is 1.18. The van der Waals surface area contributed by atoms with Gasteiger partial charge in [-0.1, -0.05) is 0 Å². The lowest BCUT2D eigenvalue weighted by atomic mass is 10.0. The summed E-state index contributed by atoms with van der Waals surface area (Å²) in [6.45, 7) is 2.59. The molecule has 4 atom stereocenters. The highest BCUT2D eigenvalue weighted by Gasteiger charge is 2.28. The van der Waals surface area contributed by atoms with E-state index in [-0.39, 0.29) is 30.1 Å². The predicted molar refractivity (Wildman–Crippen MR) is 89.8 cm³/mol. The highest BCUT2D eigenvalue weighted by atomic mass is 15.4. The van der Waals surface area contributed by atoms with Crippen molar-refractivity contribution in [3.8, 4) is 0 Å². The van der Waals surface area contributed by atoms with Gasteiger partial charge in [-0.3, -0.25) is 0 Å². The zero-order valence-corrected chi connectivity index (χ0v) is 13.2. The van der Waals surface area contributed by atoms with Crippen LogP contribution in [0.15, 0.2) is 0 Å². The Kier molecular flexibility index (Phi) is 4.48. The van der Waals surface area contributed by atoms with Crippen molar-refractivity contribution >= 4 is 17.8 Å². The molecule has 10 heteroatoms. The maximum atomic E-state index is 6.04. The highest BCUT2D eigenvalue weighted by Crippen LogP contribution is 2.21. The van der Waals surface area contributed by atoms with E-state index < -0.39 is 0 Å². The Hall–Kier alpha value is -1.75. The smallest absolute Gasteiger partial charge is 0.232 e. The molecule has 1 aromatic heterocycles. The van der Waals surface area contributed by atoms with Gasteiger partial charge in [0.1, 0.15) is 0 Å². The first-order valence-corrected chi connectivity index (χ1v) is 7.94. The molecule has 2 fully saturated rings. The molecule has 2 aliphatic heterocycles. The van der Waals surface area contributed by atoms with Crippen molar-refractivity contribution in [2.24, 2.45) is 22.9 Å². The van der Waals surface area contributed by atoms with E-state index in [4.69, 9.17) is 28.7 Å². The molecule has 2 saturated heterocycles. The van der Waals surface area contributed by atoms with Gasteiger partial charge in [0.15, 0.2) is 0 Å². The second-order valence-electron chi connectivity index (χ2n) is 6.62. The van der Waals surface area contributed by atoms with Crippen LogP contribution in [0, 0.1) is 0 Å². The molecule has 3 rings (SSSR count). The summed E-state index contributed by atoms with van der Waals surface area (Å²) in [6.07, 6.45) is 1.58. The van der Waals surface area contributed by atoms with E-state index in [1.54, 1.807) is 0 Å². The minimum absolute atomic E-state index is 0.00276. The molecule has 3 heterocycles. The van der Waals surface area contributed by atoms with E-state index in [2.05, 4.69) is 15.0 Å². The summed E-state index contributed by atoms with van der Waals surface area (Å²) in [5, 5.41) is 0. The van der Waals surface area contributed by atoms with Crippen molar-refractivity contribution in [1.29, 1.82) is 0 Å². The summed E-state index contributed by atoms with van der Waals surface area (Å²) in [4.78, 5) is 17.0. The second-order valence-corrected chi connectivity index (χ2v) is 6.62. The van der Waals surface area contributed by atoms with Gasteiger partial charge < -0.3 is 38.5 Å². The molecule has 0 spiro atoms. The van der Waals surface area contributed by atoms with Gasteiger partial charge in [-0.15, -0.1) is 0 Å². The van der Waals surface area contributed by atoms with Gasteiger partial charge in [0.05, 0.1) is 0 Å². The summed E-state index contributed by atoms with van der Waals surface area (Å²) in [6, 6.07) is -0.0110. The average Bonchev–Trinajstić information content (AvgIpc) is 2.44. The van der Waals surface area contributed by atoms with Crippen molar-refractivity contribution in [3.05, 3.63) is 0 Å². The van der Waals surface area contributed by atoms with Crippen molar-refractivity contribution in [3.63, 3.8) is 0 Å². The summed E-state index contributed by atoms with van der Waals surface area (Å²) in [5.41, 5.74) is 30.0. The zero-order chi connectivity index (χ0) is 16.6. The number of nitrogen functional groups attached to an aromatic ring is 1. The molecule has 0 radical (unpaired) electrons. The van der Waals surface area contributed by atoms with Crippen molar-refractivity contribution in [2.75, 3.05) is 41.7 Å². The van der Waals surface area contributed by atoms with Crippen LogP contribution in [0.3, 0.4) is 0 Å². The van der Waals surface area contributed by atoms with Crippen molar-refractivity contribution in [2.45, 2.75) is 37.0 Å². The Morgan fingerprint density at radius 3 is 1.35 bits per heavy atom. The normalized spacial score (nSPS) is 32.2. The SMILES string of the molecule is Nc1nc(N2CC(N)CC(N)C2)nc(N2CC(N)CC(N)C2)n1. The third kappa shape index (κ3) is 3.78. The maximum absolute atomic E-state index is 6.04. The minimum atomic E-state index is -0.00276. The van der Waals surface area contributed by atoms with Crippen molar-refractivity contribution in [1.82, 2.24) is 15.0 Å². The molecule has 2 aliphatic rings. The van der Waals surface area contributed by atoms with Crippen molar-refractivity contribution < 1.29 is 0 Å². The first kappa shape index (κ1) is 16.1. The first-order valence-electron chi connectivity index (χ1n) is 7.94. The third-order valence-electron chi connectivity index (χ3n) is 4.23. The maximum Gasteiger partial charge on any atom is 0.232 e. The van der Waals surface area contributed by atoms with Gasteiger partial charge >= 0.3 is 0 Å². The van der Waals surface area contributed by atoms with E-state index in [0.29, 0.717) is 38.1 Å². The summed E-state index contributed by atoms with van der Waals surface area (Å²) < 4.78 is 0. The van der Waals surface area contributed by atoms with E-state index in [0.717, 1.165) is 12.8 Å². The number of nitrogens with two attached hydrogens (primary N) is 5. The molecule has 23 heavy (non-hydrogen) atoms. The van der Waals surface area contributed by atoms with Crippen LogP contribution < -0.4 is 38.5 Å². The molecular weight excluding hydrogens is 296 g/mol. The van der Waals surface area contributed by atoms with E-state index in [1.807, 2.05) is 9.80 Å². The van der Waals surface area contributed by atoms with E-state index in [1.165, 1.54) is 0 Å². The van der Waals surface area contributed by atoms with Crippen LogP contribution in [0.2, 0.25) is 0 Å². The molecule has 4 unspecified atom stereocenters. The fourth-order valence-electron chi connectivity index (χ4n) is 3.34. The Balaban J connectivity index is 1.84. The predicted octanol–water partition coefficient (Wildman–Crippen LogP) is -2.82. The topological polar surface area (TPSA) is 175 Å². The summed E-state index contributed by atoms with van der Waals surface area (Å²) in [7, 11) is 0. The van der Waals surface area contributed by atoms with Gasteiger partial charge in [0, 0.05) is 50.3 Å². The summed E-state index contributed by atoms with van der Waals surface area (Å²) >= 11 is 0. The fraction of sp³-hybridized carbons (Fsp3) is 0.769. The lowest BCUT2D eigenvalue weighted by Gasteiger charge is -2.36. The third-order valence-corrected chi connectivity index (χ3v) is 4.23. The quantitative estimate of drug-likeness (QED) is 0.382. The van der Waals surface area contributed by atoms with Gasteiger partial charge in [0.25, 0.3) is 0 Å². The number of anilines is 3. The van der Waals surface area contributed by atoms with Gasteiger partial charge in [0.2, 0.25) is 17.8 Å². The number of rotatable bonds is 2. The Morgan fingerprint density at radius 1 is 0.652 bits per heavy atom. The van der Waals surface area contributed by atoms with Gasteiger partial charge in [-0.25, -0.2) is 0 Å². The molecule has 10 nitrogen and oxygen atoms in total. The van der Waals surface area contributed by atoms with Gasteiger partial charge in [-0.05, 0) is 12.8 Å². The van der Waals surface area contributed by atoms with Crippen LogP contribution in [-0.2, 0) is 0 Å². The lowest BCUT2D eigenvalue weighted by Crippen LogP contribution is -2.54. The number of nitrogens with zero attached hydrogens (tertiary/aromatic N) is 5. The number of hydrogen-bond acceptors (Lipinski definition) is 10. The molecule has 0 aromatic carbocycles. The molecule has 0 saturated carbocycles. The highest BCUT2D eigenvalue weighted by molar-refractivity contribution is 5.45. The molecule has 0 bridgehead atoms. The fourth-order valence-corrected chi connectivity index (χ4v) is 3.34. The first-order chi connectivity index (χ1) is 10.9. The van der Waals surface area contributed by atoms with Crippen LogP contribution >= 0.6 is 0 Å².